The lowest BCUT2D eigenvalue weighted by molar-refractivity contribution is -0.000372. The average molecular weight is 433 g/mol. The van der Waals surface area contributed by atoms with Gasteiger partial charge in [-0.25, -0.2) is 4.99 Å². The zero-order valence-corrected chi connectivity index (χ0v) is 18.5. The maximum absolute atomic E-state index is 9.35. The van der Waals surface area contributed by atoms with Crippen molar-refractivity contribution < 1.29 is 4.74 Å². The summed E-state index contributed by atoms with van der Waals surface area (Å²) in [6, 6.07) is 14.1. The van der Waals surface area contributed by atoms with Gasteiger partial charge in [0.2, 0.25) is 0 Å². The van der Waals surface area contributed by atoms with E-state index in [1.807, 2.05) is 19.1 Å². The van der Waals surface area contributed by atoms with Gasteiger partial charge in [-0.2, -0.15) is 5.26 Å². The van der Waals surface area contributed by atoms with E-state index in [1.54, 1.807) is 13.2 Å². The largest absolute Gasteiger partial charge is 0.382 e. The Morgan fingerprint density at radius 1 is 1.13 bits per heavy atom. The molecule has 158 valence electrons. The molecule has 2 aromatic rings. The lowest BCUT2D eigenvalue weighted by Gasteiger charge is -2.44. The number of nitriles is 1. The van der Waals surface area contributed by atoms with E-state index < -0.39 is 5.66 Å². The number of nitrogens with two attached hydrogens (primary N) is 1. The quantitative estimate of drug-likeness (QED) is 0.725. The number of aliphatic imine (C=N–C) groups is 2. The first-order chi connectivity index (χ1) is 14.9. The fourth-order valence-electron chi connectivity index (χ4n) is 5.67. The van der Waals surface area contributed by atoms with Gasteiger partial charge >= 0.3 is 0 Å². The van der Waals surface area contributed by atoms with E-state index in [-0.39, 0.29) is 5.41 Å². The van der Waals surface area contributed by atoms with Gasteiger partial charge in [0.25, 0.3) is 0 Å². The highest BCUT2D eigenvalue weighted by Gasteiger charge is 2.60. The van der Waals surface area contributed by atoms with Gasteiger partial charge < -0.3 is 10.5 Å². The Bertz CT molecular complexity index is 1150. The van der Waals surface area contributed by atoms with Crippen LogP contribution in [0.1, 0.15) is 49.3 Å². The molecule has 1 atom stereocenters. The standard InChI is InChI=1S/C25H25ClN4O/c1-15-23(28)30-25(29-15)22-12-17(19-9-16(14-27)10-20(26)11-19)3-4-18(22)13-24(25)7-5-21(31-2)6-8-24/h3-4,9-12,21H,5-8,13H2,1-2H3,(H2,28,30)/t21?,24?,25-/m1/s1. The topological polar surface area (TPSA) is 83.8 Å². The second-order valence-corrected chi connectivity index (χ2v) is 9.41. The van der Waals surface area contributed by atoms with Crippen molar-refractivity contribution in [1.82, 2.24) is 0 Å². The number of benzene rings is 2. The molecule has 3 aliphatic rings. The summed E-state index contributed by atoms with van der Waals surface area (Å²) in [5.74, 6) is 0.529. The maximum atomic E-state index is 9.35. The third-order valence-corrected chi connectivity index (χ3v) is 7.54. The maximum Gasteiger partial charge on any atom is 0.184 e. The van der Waals surface area contributed by atoms with Crippen LogP contribution in [0.25, 0.3) is 11.1 Å². The van der Waals surface area contributed by atoms with Crippen LogP contribution in [0.2, 0.25) is 5.02 Å². The molecular weight excluding hydrogens is 408 g/mol. The molecule has 1 heterocycles. The van der Waals surface area contributed by atoms with Gasteiger partial charge in [-0.05, 0) is 80.0 Å². The fraction of sp³-hybridized carbons (Fsp3) is 0.400. The molecule has 0 saturated heterocycles. The third-order valence-electron chi connectivity index (χ3n) is 7.32. The third kappa shape index (κ3) is 3.01. The molecule has 1 aliphatic heterocycles. The molecule has 0 bridgehead atoms. The van der Waals surface area contributed by atoms with Crippen molar-refractivity contribution in [2.45, 2.75) is 50.8 Å². The zero-order valence-electron chi connectivity index (χ0n) is 17.8. The number of nitrogens with zero attached hydrogens (tertiary/aromatic N) is 3. The summed E-state index contributed by atoms with van der Waals surface area (Å²) in [4.78, 5) is 10.2. The van der Waals surface area contributed by atoms with Crippen LogP contribution in [0.15, 0.2) is 46.4 Å². The number of methoxy groups -OCH3 is 1. The predicted octanol–water partition coefficient (Wildman–Crippen LogP) is 4.99. The number of ether oxygens (including phenoxy) is 1. The molecule has 5 nitrogen and oxygen atoms in total. The number of rotatable bonds is 2. The fourth-order valence-corrected chi connectivity index (χ4v) is 5.91. The van der Waals surface area contributed by atoms with Crippen molar-refractivity contribution in [2.24, 2.45) is 21.1 Å². The molecule has 6 heteroatoms. The van der Waals surface area contributed by atoms with E-state index in [1.165, 1.54) is 5.56 Å². The second kappa shape index (κ2) is 7.19. The summed E-state index contributed by atoms with van der Waals surface area (Å²) in [7, 11) is 1.79. The first-order valence-corrected chi connectivity index (χ1v) is 11.1. The number of amidine groups is 1. The van der Waals surface area contributed by atoms with E-state index in [9.17, 15) is 5.26 Å². The number of halogens is 1. The molecule has 0 aromatic heterocycles. The van der Waals surface area contributed by atoms with Crippen LogP contribution in [0.3, 0.4) is 0 Å². The van der Waals surface area contributed by atoms with Crippen LogP contribution in [0, 0.1) is 16.7 Å². The predicted molar refractivity (Wildman–Crippen MR) is 123 cm³/mol. The molecule has 2 aliphatic carbocycles. The van der Waals surface area contributed by atoms with Gasteiger partial charge in [0.05, 0.1) is 23.4 Å². The highest BCUT2D eigenvalue weighted by Crippen LogP contribution is 2.62. The van der Waals surface area contributed by atoms with Crippen LogP contribution in [-0.2, 0) is 16.8 Å². The SMILES string of the molecule is COC1CCC2(CC1)Cc1ccc(-c3cc(Cl)cc(C#N)c3)cc1[C@]21N=C(C)C(N)=N1. The molecule has 5 rings (SSSR count). The smallest absolute Gasteiger partial charge is 0.184 e. The monoisotopic (exact) mass is 432 g/mol. The number of hydrogen-bond acceptors (Lipinski definition) is 5. The van der Waals surface area contributed by atoms with Crippen LogP contribution in [-0.4, -0.2) is 24.8 Å². The summed E-state index contributed by atoms with van der Waals surface area (Å²) >= 11 is 6.28. The Kier molecular flexibility index (Phi) is 4.69. The van der Waals surface area contributed by atoms with Crippen molar-refractivity contribution >= 4 is 23.1 Å². The van der Waals surface area contributed by atoms with E-state index >= 15 is 0 Å². The minimum atomic E-state index is -0.679. The van der Waals surface area contributed by atoms with Crippen molar-refractivity contribution in [3.8, 4) is 17.2 Å². The highest BCUT2D eigenvalue weighted by molar-refractivity contribution is 6.41. The van der Waals surface area contributed by atoms with Gasteiger partial charge in [0, 0.05) is 23.1 Å². The summed E-state index contributed by atoms with van der Waals surface area (Å²) in [5, 5.41) is 9.91. The molecule has 0 radical (unpaired) electrons. The van der Waals surface area contributed by atoms with Crippen LogP contribution in [0.4, 0.5) is 0 Å². The molecule has 2 aromatic carbocycles. The van der Waals surface area contributed by atoms with Crippen molar-refractivity contribution in [2.75, 3.05) is 7.11 Å². The van der Waals surface area contributed by atoms with Gasteiger partial charge in [-0.3, -0.25) is 4.99 Å². The second-order valence-electron chi connectivity index (χ2n) is 8.97. The number of fused-ring (bicyclic) bond motifs is 3. The summed E-state index contributed by atoms with van der Waals surface area (Å²) < 4.78 is 5.64. The van der Waals surface area contributed by atoms with Gasteiger partial charge in [0.15, 0.2) is 5.66 Å². The van der Waals surface area contributed by atoms with E-state index in [0.29, 0.717) is 22.5 Å². The van der Waals surface area contributed by atoms with Crippen LogP contribution >= 0.6 is 11.6 Å². The van der Waals surface area contributed by atoms with Crippen molar-refractivity contribution in [3.05, 3.63) is 58.1 Å². The molecule has 31 heavy (non-hydrogen) atoms. The first kappa shape index (κ1) is 20.2. The molecule has 0 unspecified atom stereocenters. The van der Waals surface area contributed by atoms with Crippen molar-refractivity contribution in [3.63, 3.8) is 0 Å². The van der Waals surface area contributed by atoms with E-state index in [0.717, 1.165) is 54.5 Å². The Balaban J connectivity index is 1.65. The summed E-state index contributed by atoms with van der Waals surface area (Å²) in [6.07, 6.45) is 5.24. The number of hydrogen-bond donors (Lipinski definition) is 1. The zero-order chi connectivity index (χ0) is 21.8. The molecule has 2 spiro atoms. The lowest BCUT2D eigenvalue weighted by Crippen LogP contribution is -2.43. The average Bonchev–Trinajstić information content (AvgIpc) is 3.21. The minimum absolute atomic E-state index is 0.0858. The van der Waals surface area contributed by atoms with E-state index in [4.69, 9.17) is 32.1 Å². The summed E-state index contributed by atoms with van der Waals surface area (Å²) in [6.45, 7) is 1.94. The van der Waals surface area contributed by atoms with Gasteiger partial charge in [-0.15, -0.1) is 0 Å². The molecule has 0 amide bonds. The highest BCUT2D eigenvalue weighted by atomic mass is 35.5. The first-order valence-electron chi connectivity index (χ1n) is 10.7. The molecule has 1 saturated carbocycles. The Morgan fingerprint density at radius 3 is 2.55 bits per heavy atom. The van der Waals surface area contributed by atoms with Crippen LogP contribution < -0.4 is 5.73 Å². The van der Waals surface area contributed by atoms with Gasteiger partial charge in [-0.1, -0.05) is 23.7 Å². The lowest BCUT2D eigenvalue weighted by atomic mass is 9.65. The Labute approximate surface area is 187 Å². The normalized spacial score (nSPS) is 29.0. The Hall–Kier alpha value is -2.68. The van der Waals surface area contributed by atoms with Crippen molar-refractivity contribution in [1.29, 1.82) is 5.26 Å². The van der Waals surface area contributed by atoms with E-state index in [2.05, 4.69) is 24.3 Å². The van der Waals surface area contributed by atoms with Crippen LogP contribution in [0.5, 0.6) is 0 Å². The molecule has 1 fully saturated rings. The minimum Gasteiger partial charge on any atom is -0.382 e. The molecule has 2 N–H and O–H groups in total. The van der Waals surface area contributed by atoms with Gasteiger partial charge in [0.1, 0.15) is 5.84 Å². The molecular formula is C25H25ClN4O. The Morgan fingerprint density at radius 2 is 1.90 bits per heavy atom. The summed E-state index contributed by atoms with van der Waals surface area (Å²) in [5.41, 5.74) is 11.2.